The molecule has 0 saturated carbocycles. The van der Waals surface area contributed by atoms with Crippen molar-refractivity contribution in [2.45, 2.75) is 19.4 Å². The molecule has 1 aliphatic heterocycles. The van der Waals surface area contributed by atoms with Crippen LogP contribution in [0.1, 0.15) is 34.8 Å². The smallest absolute Gasteiger partial charge is 0.276 e. The molecule has 1 saturated heterocycles. The van der Waals surface area contributed by atoms with Crippen molar-refractivity contribution in [1.82, 2.24) is 9.88 Å². The first-order valence-corrected chi connectivity index (χ1v) is 7.65. The van der Waals surface area contributed by atoms with Gasteiger partial charge in [-0.1, -0.05) is 30.7 Å². The summed E-state index contributed by atoms with van der Waals surface area (Å²) in [5.74, 6) is 0.521. The molecule has 0 spiro atoms. The molecule has 1 aromatic heterocycles. The summed E-state index contributed by atoms with van der Waals surface area (Å²) in [5.41, 5.74) is 1.41. The van der Waals surface area contributed by atoms with Crippen molar-refractivity contribution in [3.05, 3.63) is 52.7 Å². The van der Waals surface area contributed by atoms with Crippen LogP contribution in [-0.4, -0.2) is 35.5 Å². The molecule has 5 nitrogen and oxygen atoms in total. The number of nitrogens with zero attached hydrogens (tertiary/aromatic N) is 2. The predicted octanol–water partition coefficient (Wildman–Crippen LogP) is 3.10. The van der Waals surface area contributed by atoms with Gasteiger partial charge in [-0.25, -0.2) is 4.98 Å². The van der Waals surface area contributed by atoms with Crippen molar-refractivity contribution in [1.29, 1.82) is 0 Å². The van der Waals surface area contributed by atoms with Crippen LogP contribution in [0.4, 0.5) is 0 Å². The number of ether oxygens (including phenoxy) is 1. The van der Waals surface area contributed by atoms with Gasteiger partial charge in [-0.05, 0) is 17.7 Å². The van der Waals surface area contributed by atoms with Crippen LogP contribution >= 0.6 is 11.6 Å². The van der Waals surface area contributed by atoms with Gasteiger partial charge < -0.3 is 14.1 Å². The highest BCUT2D eigenvalue weighted by molar-refractivity contribution is 6.30. The van der Waals surface area contributed by atoms with E-state index < -0.39 is 0 Å². The molecule has 0 radical (unpaired) electrons. The lowest BCUT2D eigenvalue weighted by atomic mass is 10.1. The third-order valence-corrected chi connectivity index (χ3v) is 4.01. The van der Waals surface area contributed by atoms with Gasteiger partial charge >= 0.3 is 0 Å². The lowest BCUT2D eigenvalue weighted by molar-refractivity contribution is -0.0230. The number of aryl methyl sites for hydroxylation is 1. The third-order valence-electron chi connectivity index (χ3n) is 3.76. The van der Waals surface area contributed by atoms with Gasteiger partial charge in [-0.2, -0.15) is 0 Å². The average Bonchev–Trinajstić information content (AvgIpc) is 3.03. The van der Waals surface area contributed by atoms with Gasteiger partial charge in [0.1, 0.15) is 11.9 Å². The predicted molar refractivity (Wildman–Crippen MR) is 81.9 cm³/mol. The van der Waals surface area contributed by atoms with Crippen molar-refractivity contribution in [3.63, 3.8) is 0 Å². The highest BCUT2D eigenvalue weighted by Crippen LogP contribution is 2.25. The van der Waals surface area contributed by atoms with Gasteiger partial charge in [-0.3, -0.25) is 4.79 Å². The molecule has 0 bridgehead atoms. The molecule has 1 aromatic carbocycles. The molecule has 116 valence electrons. The van der Waals surface area contributed by atoms with Crippen LogP contribution in [0, 0.1) is 0 Å². The number of hydrogen-bond donors (Lipinski definition) is 0. The quantitative estimate of drug-likeness (QED) is 0.872. The Kier molecular flexibility index (Phi) is 4.45. The minimum Gasteiger partial charge on any atom is -0.448 e. The Bertz CT molecular complexity index is 654. The fourth-order valence-corrected chi connectivity index (χ4v) is 2.68. The van der Waals surface area contributed by atoms with E-state index in [1.807, 2.05) is 31.2 Å². The highest BCUT2D eigenvalue weighted by Gasteiger charge is 2.28. The summed E-state index contributed by atoms with van der Waals surface area (Å²) in [7, 11) is 0. The monoisotopic (exact) mass is 320 g/mol. The number of carbonyl (C=O) groups is 1. The summed E-state index contributed by atoms with van der Waals surface area (Å²) in [4.78, 5) is 18.4. The fraction of sp³-hybridized carbons (Fsp3) is 0.375. The highest BCUT2D eigenvalue weighted by atomic mass is 35.5. The van der Waals surface area contributed by atoms with E-state index in [9.17, 15) is 4.79 Å². The van der Waals surface area contributed by atoms with Crippen LogP contribution in [0.5, 0.6) is 0 Å². The Morgan fingerprint density at radius 3 is 2.91 bits per heavy atom. The number of benzene rings is 1. The normalized spacial score (nSPS) is 18.5. The van der Waals surface area contributed by atoms with Gasteiger partial charge in [0, 0.05) is 18.0 Å². The van der Waals surface area contributed by atoms with Crippen LogP contribution < -0.4 is 0 Å². The minimum absolute atomic E-state index is 0.104. The van der Waals surface area contributed by atoms with E-state index in [4.69, 9.17) is 20.8 Å². The number of aromatic nitrogens is 1. The minimum atomic E-state index is -0.146. The first kappa shape index (κ1) is 15.1. The molecule has 0 N–H and O–H groups in total. The average molecular weight is 321 g/mol. The number of halogens is 1. The van der Waals surface area contributed by atoms with Crippen LogP contribution in [0.2, 0.25) is 5.02 Å². The Morgan fingerprint density at radius 2 is 2.18 bits per heavy atom. The summed E-state index contributed by atoms with van der Waals surface area (Å²) in [6, 6.07) is 7.50. The topological polar surface area (TPSA) is 55.6 Å². The zero-order chi connectivity index (χ0) is 15.5. The van der Waals surface area contributed by atoms with E-state index >= 15 is 0 Å². The lowest BCUT2D eigenvalue weighted by Gasteiger charge is -2.33. The van der Waals surface area contributed by atoms with Crippen LogP contribution in [0.25, 0.3) is 0 Å². The van der Waals surface area contributed by atoms with E-state index in [-0.39, 0.29) is 12.0 Å². The second kappa shape index (κ2) is 6.50. The number of hydrogen-bond acceptors (Lipinski definition) is 4. The Hall–Kier alpha value is -1.85. The van der Waals surface area contributed by atoms with E-state index in [0.29, 0.717) is 42.6 Å². The molecule has 0 aliphatic carbocycles. The number of morpholine rings is 1. The summed E-state index contributed by atoms with van der Waals surface area (Å²) in [5, 5.41) is 0.683. The van der Waals surface area contributed by atoms with Crippen LogP contribution in [0.15, 0.2) is 35.1 Å². The second-order valence-corrected chi connectivity index (χ2v) is 5.58. The Morgan fingerprint density at radius 1 is 1.41 bits per heavy atom. The van der Waals surface area contributed by atoms with Gasteiger partial charge in [0.25, 0.3) is 5.91 Å². The maximum Gasteiger partial charge on any atom is 0.276 e. The Balaban J connectivity index is 1.75. The van der Waals surface area contributed by atoms with E-state index in [1.54, 1.807) is 4.90 Å². The molecular formula is C16H17ClN2O3. The molecule has 1 aliphatic rings. The van der Waals surface area contributed by atoms with Crippen molar-refractivity contribution < 1.29 is 13.9 Å². The van der Waals surface area contributed by atoms with Crippen molar-refractivity contribution in [2.75, 3.05) is 19.7 Å². The molecule has 6 heteroatoms. The SMILES string of the molecule is CCc1ocnc1C(=O)N1CCOC(c2ccc(Cl)cc2)C1. The fourth-order valence-electron chi connectivity index (χ4n) is 2.56. The van der Waals surface area contributed by atoms with Gasteiger partial charge in [0.2, 0.25) is 0 Å². The molecule has 1 amide bonds. The van der Waals surface area contributed by atoms with E-state index in [0.717, 1.165) is 5.56 Å². The molecular weight excluding hydrogens is 304 g/mol. The summed E-state index contributed by atoms with van der Waals surface area (Å²) in [6.07, 6.45) is 1.82. The summed E-state index contributed by atoms with van der Waals surface area (Å²) >= 11 is 5.91. The summed E-state index contributed by atoms with van der Waals surface area (Å²) < 4.78 is 11.0. The van der Waals surface area contributed by atoms with Gasteiger partial charge in [-0.15, -0.1) is 0 Å². The standard InChI is InChI=1S/C16H17ClN2O3/c1-2-13-15(18-10-22-13)16(20)19-7-8-21-14(9-19)11-3-5-12(17)6-4-11/h3-6,10,14H,2,7-9H2,1H3. The molecule has 1 atom stereocenters. The molecule has 2 aromatic rings. The lowest BCUT2D eigenvalue weighted by Crippen LogP contribution is -2.42. The number of rotatable bonds is 3. The maximum absolute atomic E-state index is 12.6. The zero-order valence-corrected chi connectivity index (χ0v) is 13.0. The van der Waals surface area contributed by atoms with Gasteiger partial charge in [0.05, 0.1) is 13.2 Å². The number of carbonyl (C=O) groups excluding carboxylic acids is 1. The first-order chi connectivity index (χ1) is 10.7. The van der Waals surface area contributed by atoms with Crippen molar-refractivity contribution in [3.8, 4) is 0 Å². The van der Waals surface area contributed by atoms with E-state index in [2.05, 4.69) is 4.98 Å². The third kappa shape index (κ3) is 3.00. The second-order valence-electron chi connectivity index (χ2n) is 5.14. The molecule has 2 heterocycles. The molecule has 1 unspecified atom stereocenters. The van der Waals surface area contributed by atoms with Gasteiger partial charge in [0.15, 0.2) is 12.1 Å². The Labute approximate surface area is 133 Å². The molecule has 1 fully saturated rings. The first-order valence-electron chi connectivity index (χ1n) is 7.27. The zero-order valence-electron chi connectivity index (χ0n) is 12.3. The van der Waals surface area contributed by atoms with Crippen molar-refractivity contribution in [2.24, 2.45) is 0 Å². The summed E-state index contributed by atoms with van der Waals surface area (Å²) in [6.45, 7) is 3.49. The van der Waals surface area contributed by atoms with Crippen LogP contribution in [0.3, 0.4) is 0 Å². The van der Waals surface area contributed by atoms with Crippen LogP contribution in [-0.2, 0) is 11.2 Å². The van der Waals surface area contributed by atoms with Crippen molar-refractivity contribution >= 4 is 17.5 Å². The van der Waals surface area contributed by atoms with E-state index in [1.165, 1.54) is 6.39 Å². The number of oxazole rings is 1. The maximum atomic E-state index is 12.6. The molecule has 3 rings (SSSR count). The largest absolute Gasteiger partial charge is 0.448 e. The number of amides is 1. The molecule has 22 heavy (non-hydrogen) atoms.